The lowest BCUT2D eigenvalue weighted by atomic mass is 10.0. The van der Waals surface area contributed by atoms with E-state index in [9.17, 15) is 4.39 Å². The van der Waals surface area contributed by atoms with Crippen LogP contribution in [0.4, 0.5) is 4.39 Å². The molecule has 1 aromatic carbocycles. The fraction of sp³-hybridized carbons (Fsp3) is 0.400. The zero-order valence-electron chi connectivity index (χ0n) is 7.13. The van der Waals surface area contributed by atoms with Crippen molar-refractivity contribution in [2.24, 2.45) is 11.7 Å². The van der Waals surface area contributed by atoms with E-state index < -0.39 is 0 Å². The highest BCUT2D eigenvalue weighted by Crippen LogP contribution is 2.39. The van der Waals surface area contributed by atoms with E-state index in [1.165, 1.54) is 18.9 Å². The van der Waals surface area contributed by atoms with E-state index in [-0.39, 0.29) is 16.9 Å². The zero-order valence-corrected chi connectivity index (χ0v) is 7.89. The van der Waals surface area contributed by atoms with Gasteiger partial charge in [0.25, 0.3) is 0 Å². The molecular formula is C10H11ClFN. The standard InChI is InChI=1S/C10H11ClFN/c11-8-5-7(3-4-9(8)12)10(13)6-1-2-6/h3-6,10H,1-2,13H2/t10-/m0/s1. The third-order valence-corrected chi connectivity index (χ3v) is 2.75. The Morgan fingerprint density at radius 2 is 2.15 bits per heavy atom. The van der Waals surface area contributed by atoms with Gasteiger partial charge in [-0.25, -0.2) is 4.39 Å². The van der Waals surface area contributed by atoms with Gasteiger partial charge in [-0.2, -0.15) is 0 Å². The quantitative estimate of drug-likeness (QED) is 0.779. The smallest absolute Gasteiger partial charge is 0.141 e. The molecule has 1 aromatic rings. The van der Waals surface area contributed by atoms with Crippen LogP contribution in [0.15, 0.2) is 18.2 Å². The molecule has 0 radical (unpaired) electrons. The second kappa shape index (κ2) is 3.28. The maximum absolute atomic E-state index is 12.8. The Labute approximate surface area is 81.7 Å². The van der Waals surface area contributed by atoms with Gasteiger partial charge in [0, 0.05) is 6.04 Å². The minimum absolute atomic E-state index is 0.0260. The van der Waals surface area contributed by atoms with Crippen molar-refractivity contribution >= 4 is 11.6 Å². The first kappa shape index (κ1) is 8.97. The first-order valence-electron chi connectivity index (χ1n) is 4.39. The Hall–Kier alpha value is -0.600. The number of nitrogens with two attached hydrogens (primary N) is 1. The molecule has 0 aromatic heterocycles. The Balaban J connectivity index is 2.24. The highest BCUT2D eigenvalue weighted by molar-refractivity contribution is 6.30. The van der Waals surface area contributed by atoms with Gasteiger partial charge in [0.1, 0.15) is 5.82 Å². The SMILES string of the molecule is N[C@H](c1ccc(F)c(Cl)c1)C1CC1. The molecule has 0 saturated heterocycles. The van der Waals surface area contributed by atoms with Gasteiger partial charge in [0.05, 0.1) is 5.02 Å². The Bertz CT molecular complexity index is 323. The van der Waals surface area contributed by atoms with Crippen molar-refractivity contribution in [3.8, 4) is 0 Å². The second-order valence-electron chi connectivity index (χ2n) is 3.54. The van der Waals surface area contributed by atoms with E-state index in [4.69, 9.17) is 17.3 Å². The van der Waals surface area contributed by atoms with Crippen LogP contribution in [-0.2, 0) is 0 Å². The van der Waals surface area contributed by atoms with Crippen molar-refractivity contribution < 1.29 is 4.39 Å². The van der Waals surface area contributed by atoms with Gasteiger partial charge in [-0.15, -0.1) is 0 Å². The van der Waals surface area contributed by atoms with Crippen molar-refractivity contribution in [3.63, 3.8) is 0 Å². The highest BCUT2D eigenvalue weighted by Gasteiger charge is 2.29. The predicted octanol–water partition coefficient (Wildman–Crippen LogP) is 2.89. The number of halogens is 2. The summed E-state index contributed by atoms with van der Waals surface area (Å²) in [4.78, 5) is 0. The molecule has 1 atom stereocenters. The van der Waals surface area contributed by atoms with E-state index in [0.717, 1.165) is 5.56 Å². The minimum Gasteiger partial charge on any atom is -0.324 e. The molecule has 0 aliphatic heterocycles. The third-order valence-electron chi connectivity index (χ3n) is 2.46. The summed E-state index contributed by atoms with van der Waals surface area (Å²) in [6.07, 6.45) is 2.35. The fourth-order valence-electron chi connectivity index (χ4n) is 1.45. The van der Waals surface area contributed by atoms with Crippen molar-refractivity contribution in [2.75, 3.05) is 0 Å². The third kappa shape index (κ3) is 1.84. The average molecular weight is 200 g/mol. The predicted molar refractivity (Wildman–Crippen MR) is 51.1 cm³/mol. The van der Waals surface area contributed by atoms with Gasteiger partial charge in [0.15, 0.2) is 0 Å². The van der Waals surface area contributed by atoms with Crippen molar-refractivity contribution in [1.29, 1.82) is 0 Å². The maximum atomic E-state index is 12.8. The van der Waals surface area contributed by atoms with Crippen LogP contribution in [0.2, 0.25) is 5.02 Å². The molecule has 2 N–H and O–H groups in total. The van der Waals surface area contributed by atoms with Gasteiger partial charge in [0.2, 0.25) is 0 Å². The normalized spacial score (nSPS) is 18.7. The van der Waals surface area contributed by atoms with E-state index >= 15 is 0 Å². The Morgan fingerprint density at radius 3 is 2.69 bits per heavy atom. The number of rotatable bonds is 2. The van der Waals surface area contributed by atoms with Crippen LogP contribution >= 0.6 is 11.6 Å². The summed E-state index contributed by atoms with van der Waals surface area (Å²) in [6.45, 7) is 0. The lowest BCUT2D eigenvalue weighted by Crippen LogP contribution is -2.12. The van der Waals surface area contributed by atoms with Gasteiger partial charge in [-0.3, -0.25) is 0 Å². The monoisotopic (exact) mass is 199 g/mol. The van der Waals surface area contributed by atoms with Crippen molar-refractivity contribution in [3.05, 3.63) is 34.6 Å². The second-order valence-corrected chi connectivity index (χ2v) is 3.94. The molecule has 1 aliphatic carbocycles. The minimum atomic E-state index is -0.381. The summed E-state index contributed by atoms with van der Waals surface area (Å²) >= 11 is 5.65. The van der Waals surface area contributed by atoms with Crippen LogP contribution in [-0.4, -0.2) is 0 Å². The first-order chi connectivity index (χ1) is 6.18. The van der Waals surface area contributed by atoms with E-state index in [1.54, 1.807) is 12.1 Å². The molecule has 3 heteroatoms. The summed E-state index contributed by atoms with van der Waals surface area (Å²) in [6, 6.07) is 4.74. The van der Waals surface area contributed by atoms with E-state index in [1.807, 2.05) is 0 Å². The highest BCUT2D eigenvalue weighted by atomic mass is 35.5. The summed E-state index contributed by atoms with van der Waals surface area (Å²) in [5, 5.41) is 0.161. The molecule has 1 fully saturated rings. The van der Waals surface area contributed by atoms with Gasteiger partial charge < -0.3 is 5.73 Å². The molecule has 1 aliphatic rings. The summed E-state index contributed by atoms with van der Waals surface area (Å²) in [5.74, 6) is 0.190. The van der Waals surface area contributed by atoms with Crippen molar-refractivity contribution in [2.45, 2.75) is 18.9 Å². The lowest BCUT2D eigenvalue weighted by Gasteiger charge is -2.10. The van der Waals surface area contributed by atoms with Crippen LogP contribution in [0, 0.1) is 11.7 Å². The summed E-state index contributed by atoms with van der Waals surface area (Å²) in [5.41, 5.74) is 6.88. The molecule has 0 bridgehead atoms. The molecule has 0 heterocycles. The molecule has 1 nitrogen and oxygen atoms in total. The Kier molecular flexibility index (Phi) is 2.26. The van der Waals surface area contributed by atoms with E-state index in [0.29, 0.717) is 5.92 Å². The molecule has 0 amide bonds. The molecule has 13 heavy (non-hydrogen) atoms. The maximum Gasteiger partial charge on any atom is 0.141 e. The van der Waals surface area contributed by atoms with Crippen LogP contribution in [0.5, 0.6) is 0 Å². The van der Waals surface area contributed by atoms with Gasteiger partial charge in [-0.05, 0) is 36.5 Å². The van der Waals surface area contributed by atoms with E-state index in [2.05, 4.69) is 0 Å². The molecule has 2 rings (SSSR count). The van der Waals surface area contributed by atoms with Gasteiger partial charge in [-0.1, -0.05) is 17.7 Å². The Morgan fingerprint density at radius 1 is 1.46 bits per heavy atom. The summed E-state index contributed by atoms with van der Waals surface area (Å²) in [7, 11) is 0. The van der Waals surface area contributed by atoms with Crippen LogP contribution < -0.4 is 5.73 Å². The lowest BCUT2D eigenvalue weighted by molar-refractivity contribution is 0.613. The largest absolute Gasteiger partial charge is 0.324 e. The number of hydrogen-bond acceptors (Lipinski definition) is 1. The molecule has 0 unspecified atom stereocenters. The van der Waals surface area contributed by atoms with Crippen LogP contribution in [0.25, 0.3) is 0 Å². The first-order valence-corrected chi connectivity index (χ1v) is 4.77. The molecular weight excluding hydrogens is 189 g/mol. The topological polar surface area (TPSA) is 26.0 Å². The molecule has 0 spiro atoms. The zero-order chi connectivity index (χ0) is 9.42. The average Bonchev–Trinajstić information content (AvgIpc) is 2.91. The van der Waals surface area contributed by atoms with Crippen molar-refractivity contribution in [1.82, 2.24) is 0 Å². The number of benzene rings is 1. The van der Waals surface area contributed by atoms with Crippen LogP contribution in [0.3, 0.4) is 0 Å². The molecule has 1 saturated carbocycles. The fourth-order valence-corrected chi connectivity index (χ4v) is 1.64. The summed E-state index contributed by atoms with van der Waals surface area (Å²) < 4.78 is 12.8. The van der Waals surface area contributed by atoms with Crippen LogP contribution in [0.1, 0.15) is 24.4 Å². The van der Waals surface area contributed by atoms with Gasteiger partial charge >= 0.3 is 0 Å². The number of hydrogen-bond donors (Lipinski definition) is 1. The molecule has 70 valence electrons.